The van der Waals surface area contributed by atoms with Crippen LogP contribution in [-0.4, -0.2) is 42.2 Å². The lowest BCUT2D eigenvalue weighted by Crippen LogP contribution is -2.36. The van der Waals surface area contributed by atoms with Gasteiger partial charge in [-0.2, -0.15) is 4.31 Å². The fourth-order valence-corrected chi connectivity index (χ4v) is 5.05. The zero-order valence-electron chi connectivity index (χ0n) is 14.3. The molecule has 0 radical (unpaired) electrons. The summed E-state index contributed by atoms with van der Waals surface area (Å²) in [4.78, 5) is 7.12. The molecule has 0 aliphatic carbocycles. The summed E-state index contributed by atoms with van der Waals surface area (Å²) >= 11 is 0. The van der Waals surface area contributed by atoms with Crippen LogP contribution in [0.1, 0.15) is 29.7 Å². The van der Waals surface area contributed by atoms with E-state index < -0.39 is 10.0 Å². The Bertz CT molecular complexity index is 843. The normalized spacial score (nSPS) is 19.0. The molecule has 5 nitrogen and oxygen atoms in total. The Hall–Kier alpha value is -1.76. The summed E-state index contributed by atoms with van der Waals surface area (Å²) in [6.07, 6.45) is 4.96. The molecule has 4 rings (SSSR count). The molecule has 1 aromatic heterocycles. The molecule has 1 saturated heterocycles. The van der Waals surface area contributed by atoms with Crippen molar-refractivity contribution in [2.45, 2.75) is 37.2 Å². The Kier molecular flexibility index (Phi) is 4.58. The van der Waals surface area contributed by atoms with Crippen LogP contribution in [0.4, 0.5) is 0 Å². The summed E-state index contributed by atoms with van der Waals surface area (Å²) in [5, 5.41) is 0. The van der Waals surface area contributed by atoms with Gasteiger partial charge < -0.3 is 0 Å². The smallest absolute Gasteiger partial charge is 0.243 e. The van der Waals surface area contributed by atoms with Crippen LogP contribution in [0.25, 0.3) is 0 Å². The molecule has 132 valence electrons. The van der Waals surface area contributed by atoms with Crippen LogP contribution in [0.5, 0.6) is 0 Å². The number of nitrogens with zero attached hydrogens (tertiary/aromatic N) is 3. The van der Waals surface area contributed by atoms with E-state index in [1.165, 1.54) is 22.7 Å². The molecule has 0 unspecified atom stereocenters. The molecule has 0 bridgehead atoms. The molecular formula is C19H23N3O2S. The Morgan fingerprint density at radius 3 is 2.52 bits per heavy atom. The number of rotatable bonds is 4. The van der Waals surface area contributed by atoms with Gasteiger partial charge in [0.15, 0.2) is 0 Å². The molecule has 0 saturated carbocycles. The first-order valence-electron chi connectivity index (χ1n) is 8.87. The number of sulfonamides is 1. The molecule has 0 atom stereocenters. The second kappa shape index (κ2) is 6.86. The lowest BCUT2D eigenvalue weighted by molar-refractivity contribution is 0.331. The third-order valence-electron chi connectivity index (χ3n) is 5.11. The van der Waals surface area contributed by atoms with Crippen LogP contribution in [-0.2, 0) is 29.5 Å². The van der Waals surface area contributed by atoms with Crippen LogP contribution in [0.3, 0.4) is 0 Å². The molecule has 0 amide bonds. The standard InChI is InChI=1S/C19H23N3O2S/c23-25(24,22-13-9-17-4-3-10-20-19(17)15-22)18-7-5-16(6-8-18)14-21-11-1-2-12-21/h3-8,10H,1-2,9,11-15H2. The summed E-state index contributed by atoms with van der Waals surface area (Å²) in [7, 11) is -3.47. The molecule has 6 heteroatoms. The minimum atomic E-state index is -3.47. The van der Waals surface area contributed by atoms with E-state index in [9.17, 15) is 8.42 Å². The van der Waals surface area contributed by atoms with Gasteiger partial charge in [-0.1, -0.05) is 18.2 Å². The van der Waals surface area contributed by atoms with Crippen molar-refractivity contribution >= 4 is 10.0 Å². The number of hydrogen-bond donors (Lipinski definition) is 0. The highest BCUT2D eigenvalue weighted by atomic mass is 32.2. The predicted octanol–water partition coefficient (Wildman–Crippen LogP) is 2.42. The van der Waals surface area contributed by atoms with Crippen molar-refractivity contribution in [3.63, 3.8) is 0 Å². The van der Waals surface area contributed by atoms with Crippen molar-refractivity contribution in [1.29, 1.82) is 0 Å². The van der Waals surface area contributed by atoms with E-state index in [0.717, 1.165) is 37.3 Å². The van der Waals surface area contributed by atoms with Gasteiger partial charge in [0.2, 0.25) is 10.0 Å². The number of aromatic nitrogens is 1. The first-order chi connectivity index (χ1) is 12.1. The highest BCUT2D eigenvalue weighted by Gasteiger charge is 2.28. The molecule has 2 aliphatic rings. The van der Waals surface area contributed by atoms with Crippen LogP contribution in [0, 0.1) is 0 Å². The van der Waals surface area contributed by atoms with Crippen molar-refractivity contribution < 1.29 is 8.42 Å². The molecule has 2 aromatic rings. The third-order valence-corrected chi connectivity index (χ3v) is 6.97. The maximum absolute atomic E-state index is 12.9. The molecule has 25 heavy (non-hydrogen) atoms. The Morgan fingerprint density at radius 2 is 1.76 bits per heavy atom. The average molecular weight is 357 g/mol. The van der Waals surface area contributed by atoms with E-state index in [1.807, 2.05) is 24.3 Å². The summed E-state index contributed by atoms with van der Waals surface area (Å²) in [6.45, 7) is 4.05. The molecule has 0 spiro atoms. The summed E-state index contributed by atoms with van der Waals surface area (Å²) in [5.41, 5.74) is 3.18. The van der Waals surface area contributed by atoms with E-state index >= 15 is 0 Å². The number of benzene rings is 1. The van der Waals surface area contributed by atoms with Crippen LogP contribution < -0.4 is 0 Å². The predicted molar refractivity (Wildman–Crippen MR) is 96.5 cm³/mol. The number of pyridine rings is 1. The first-order valence-corrected chi connectivity index (χ1v) is 10.3. The molecule has 1 aromatic carbocycles. The lowest BCUT2D eigenvalue weighted by Gasteiger charge is -2.27. The van der Waals surface area contributed by atoms with Gasteiger partial charge in [-0.05, 0) is 61.7 Å². The van der Waals surface area contributed by atoms with Gasteiger partial charge in [0, 0.05) is 19.3 Å². The molecular weight excluding hydrogens is 334 g/mol. The third kappa shape index (κ3) is 3.47. The Balaban J connectivity index is 1.50. The van der Waals surface area contributed by atoms with Gasteiger partial charge in [0.1, 0.15) is 0 Å². The maximum atomic E-state index is 12.9. The second-order valence-corrected chi connectivity index (χ2v) is 8.76. The van der Waals surface area contributed by atoms with Gasteiger partial charge in [-0.3, -0.25) is 9.88 Å². The summed E-state index contributed by atoms with van der Waals surface area (Å²) < 4.78 is 27.4. The van der Waals surface area contributed by atoms with Crippen LogP contribution in [0.15, 0.2) is 47.5 Å². The van der Waals surface area contributed by atoms with Gasteiger partial charge >= 0.3 is 0 Å². The number of hydrogen-bond acceptors (Lipinski definition) is 4. The maximum Gasteiger partial charge on any atom is 0.243 e. The van der Waals surface area contributed by atoms with E-state index in [0.29, 0.717) is 18.0 Å². The van der Waals surface area contributed by atoms with Crippen LogP contribution in [0.2, 0.25) is 0 Å². The van der Waals surface area contributed by atoms with Crippen molar-refractivity contribution in [2.75, 3.05) is 19.6 Å². The van der Waals surface area contributed by atoms with E-state index in [1.54, 1.807) is 18.3 Å². The minimum absolute atomic E-state index is 0.355. The van der Waals surface area contributed by atoms with E-state index in [2.05, 4.69) is 9.88 Å². The lowest BCUT2D eigenvalue weighted by atomic mass is 10.1. The van der Waals surface area contributed by atoms with E-state index in [-0.39, 0.29) is 0 Å². The van der Waals surface area contributed by atoms with Gasteiger partial charge in [-0.15, -0.1) is 0 Å². The van der Waals surface area contributed by atoms with Crippen LogP contribution >= 0.6 is 0 Å². The number of likely N-dealkylation sites (tertiary alicyclic amines) is 1. The topological polar surface area (TPSA) is 53.5 Å². The van der Waals surface area contributed by atoms with Gasteiger partial charge in [0.05, 0.1) is 17.1 Å². The van der Waals surface area contributed by atoms with E-state index in [4.69, 9.17) is 0 Å². The summed E-state index contributed by atoms with van der Waals surface area (Å²) in [5.74, 6) is 0. The van der Waals surface area contributed by atoms with Crippen molar-refractivity contribution in [3.05, 3.63) is 59.4 Å². The average Bonchev–Trinajstić information content (AvgIpc) is 3.15. The summed E-state index contributed by atoms with van der Waals surface area (Å²) in [6, 6.07) is 11.3. The fraction of sp³-hybridized carbons (Fsp3) is 0.421. The van der Waals surface area contributed by atoms with Gasteiger partial charge in [-0.25, -0.2) is 8.42 Å². The molecule has 1 fully saturated rings. The molecule has 0 N–H and O–H groups in total. The monoisotopic (exact) mass is 357 g/mol. The second-order valence-electron chi connectivity index (χ2n) is 6.83. The Labute approximate surface area is 149 Å². The number of fused-ring (bicyclic) bond motifs is 1. The largest absolute Gasteiger partial charge is 0.299 e. The van der Waals surface area contributed by atoms with Crippen molar-refractivity contribution in [3.8, 4) is 0 Å². The van der Waals surface area contributed by atoms with Gasteiger partial charge in [0.25, 0.3) is 0 Å². The fourth-order valence-electron chi connectivity index (χ4n) is 3.65. The first kappa shape index (κ1) is 16.7. The Morgan fingerprint density at radius 1 is 1.00 bits per heavy atom. The minimum Gasteiger partial charge on any atom is -0.299 e. The SMILES string of the molecule is O=S(=O)(c1ccc(CN2CCCC2)cc1)N1CCc2cccnc2C1. The molecule has 2 aliphatic heterocycles. The zero-order valence-corrected chi connectivity index (χ0v) is 15.1. The zero-order chi connectivity index (χ0) is 17.3. The molecule has 3 heterocycles. The highest BCUT2D eigenvalue weighted by Crippen LogP contribution is 2.24. The van der Waals surface area contributed by atoms with Crippen molar-refractivity contribution in [2.24, 2.45) is 0 Å². The quantitative estimate of drug-likeness (QED) is 0.843. The van der Waals surface area contributed by atoms with Crippen molar-refractivity contribution in [1.82, 2.24) is 14.2 Å². The highest BCUT2D eigenvalue weighted by molar-refractivity contribution is 7.89.